The molecule has 21 heavy (non-hydrogen) atoms. The Balaban J connectivity index is 1.81. The van der Waals surface area contributed by atoms with Gasteiger partial charge in [0.15, 0.2) is 0 Å². The zero-order valence-electron chi connectivity index (χ0n) is 12.6. The summed E-state index contributed by atoms with van der Waals surface area (Å²) in [6.45, 7) is 5.83. The number of carbonyl (C=O) groups is 1. The summed E-state index contributed by atoms with van der Waals surface area (Å²) in [6, 6.07) is 0.221. The summed E-state index contributed by atoms with van der Waals surface area (Å²) < 4.78 is 5.64. The molecule has 0 aliphatic carbocycles. The Hall–Kier alpha value is -1.53. The lowest BCUT2D eigenvalue weighted by atomic mass is 9.89. The summed E-state index contributed by atoms with van der Waals surface area (Å²) in [7, 11) is 1.77. The first-order valence-electron chi connectivity index (χ1n) is 7.56. The molecule has 3 atom stereocenters. The van der Waals surface area contributed by atoms with Gasteiger partial charge in [0, 0.05) is 45.1 Å². The van der Waals surface area contributed by atoms with Crippen LogP contribution in [-0.4, -0.2) is 71.1 Å². The van der Waals surface area contributed by atoms with Gasteiger partial charge in [0.1, 0.15) is 5.69 Å². The van der Waals surface area contributed by atoms with Gasteiger partial charge in [-0.25, -0.2) is 4.98 Å². The Labute approximate surface area is 125 Å². The quantitative estimate of drug-likeness (QED) is 0.818. The van der Waals surface area contributed by atoms with E-state index in [0.717, 1.165) is 32.6 Å². The Kier molecular flexibility index (Phi) is 4.17. The second-order valence-electron chi connectivity index (χ2n) is 5.74. The van der Waals surface area contributed by atoms with Crippen LogP contribution in [0.5, 0.6) is 0 Å². The molecule has 0 saturated carbocycles. The highest BCUT2D eigenvalue weighted by molar-refractivity contribution is 5.92. The van der Waals surface area contributed by atoms with Crippen molar-refractivity contribution in [3.8, 4) is 0 Å². The number of likely N-dealkylation sites (N-methyl/N-ethyl adjacent to an activating group) is 1. The summed E-state index contributed by atoms with van der Waals surface area (Å²) in [6.07, 6.45) is 5.84. The first-order chi connectivity index (χ1) is 10.2. The number of nitrogens with zero attached hydrogens (tertiary/aromatic N) is 4. The molecule has 2 aliphatic rings. The Morgan fingerprint density at radius 2 is 2.29 bits per heavy atom. The summed E-state index contributed by atoms with van der Waals surface area (Å²) in [5, 5.41) is 0. The number of aromatic nitrogens is 2. The van der Waals surface area contributed by atoms with Crippen molar-refractivity contribution in [2.75, 3.05) is 33.3 Å². The highest BCUT2D eigenvalue weighted by atomic mass is 16.5. The van der Waals surface area contributed by atoms with Gasteiger partial charge in [-0.3, -0.25) is 9.78 Å². The van der Waals surface area contributed by atoms with Crippen LogP contribution in [0.1, 0.15) is 23.8 Å². The lowest BCUT2D eigenvalue weighted by Gasteiger charge is -2.40. The van der Waals surface area contributed by atoms with E-state index in [9.17, 15) is 4.79 Å². The number of piperidine rings is 1. The molecule has 0 radical (unpaired) electrons. The molecule has 0 aromatic carbocycles. The van der Waals surface area contributed by atoms with Crippen LogP contribution in [0.25, 0.3) is 0 Å². The number of hydrogen-bond donors (Lipinski definition) is 0. The molecule has 3 rings (SSSR count). The SMILES string of the molecule is CCN1C[C@H]2[C@@H](OC)CCN(C(=O)c3cnccn3)[C@H]2C1. The van der Waals surface area contributed by atoms with Crippen LogP contribution in [-0.2, 0) is 4.74 Å². The molecule has 0 unspecified atom stereocenters. The van der Waals surface area contributed by atoms with Crippen molar-refractivity contribution in [1.29, 1.82) is 0 Å². The molecule has 1 aromatic rings. The molecule has 6 heteroatoms. The Bertz CT molecular complexity index is 496. The Morgan fingerprint density at radius 1 is 1.43 bits per heavy atom. The van der Waals surface area contributed by atoms with Crippen LogP contribution in [0.4, 0.5) is 0 Å². The molecule has 0 N–H and O–H groups in total. The number of hydrogen-bond acceptors (Lipinski definition) is 5. The zero-order valence-corrected chi connectivity index (χ0v) is 12.6. The van der Waals surface area contributed by atoms with Crippen molar-refractivity contribution < 1.29 is 9.53 Å². The van der Waals surface area contributed by atoms with E-state index in [1.165, 1.54) is 0 Å². The smallest absolute Gasteiger partial charge is 0.274 e. The molecular formula is C15H22N4O2. The van der Waals surface area contributed by atoms with Gasteiger partial charge in [0.05, 0.1) is 18.3 Å². The van der Waals surface area contributed by atoms with Crippen molar-refractivity contribution in [3.63, 3.8) is 0 Å². The molecule has 0 spiro atoms. The minimum atomic E-state index is -0.00870. The van der Waals surface area contributed by atoms with Gasteiger partial charge in [-0.2, -0.15) is 0 Å². The van der Waals surface area contributed by atoms with E-state index in [4.69, 9.17) is 4.74 Å². The highest BCUT2D eigenvalue weighted by Crippen LogP contribution is 2.33. The fourth-order valence-electron chi connectivity index (χ4n) is 3.60. The standard InChI is InChI=1S/C15H22N4O2/c1-3-18-9-11-13(10-18)19(7-4-14(11)21-2)15(20)12-8-16-5-6-17-12/h5-6,8,11,13-14H,3-4,7,9-10H2,1-2H3/t11-,13+,14+/m1/s1. The van der Waals surface area contributed by atoms with Gasteiger partial charge in [0.25, 0.3) is 5.91 Å². The van der Waals surface area contributed by atoms with Crippen molar-refractivity contribution in [1.82, 2.24) is 19.8 Å². The monoisotopic (exact) mass is 290 g/mol. The average Bonchev–Trinajstić information content (AvgIpc) is 2.98. The molecule has 1 aromatic heterocycles. The lowest BCUT2D eigenvalue weighted by molar-refractivity contribution is -0.0158. The summed E-state index contributed by atoms with van der Waals surface area (Å²) in [4.78, 5) is 25.2. The van der Waals surface area contributed by atoms with E-state index in [-0.39, 0.29) is 18.1 Å². The fraction of sp³-hybridized carbons (Fsp3) is 0.667. The maximum atomic E-state index is 12.7. The van der Waals surface area contributed by atoms with E-state index in [1.54, 1.807) is 25.7 Å². The summed E-state index contributed by atoms with van der Waals surface area (Å²) >= 11 is 0. The van der Waals surface area contributed by atoms with Crippen molar-refractivity contribution in [2.45, 2.75) is 25.5 Å². The number of likely N-dealkylation sites (tertiary alicyclic amines) is 2. The molecule has 6 nitrogen and oxygen atoms in total. The third-order valence-electron chi connectivity index (χ3n) is 4.73. The second kappa shape index (κ2) is 6.07. The van der Waals surface area contributed by atoms with E-state index < -0.39 is 0 Å². The molecule has 0 bridgehead atoms. The maximum absolute atomic E-state index is 12.7. The van der Waals surface area contributed by atoms with Crippen molar-refractivity contribution in [3.05, 3.63) is 24.3 Å². The number of fused-ring (bicyclic) bond motifs is 1. The fourth-order valence-corrected chi connectivity index (χ4v) is 3.60. The van der Waals surface area contributed by atoms with Crippen LogP contribution in [0.2, 0.25) is 0 Å². The van der Waals surface area contributed by atoms with Gasteiger partial charge >= 0.3 is 0 Å². The second-order valence-corrected chi connectivity index (χ2v) is 5.74. The van der Waals surface area contributed by atoms with E-state index in [0.29, 0.717) is 11.6 Å². The Morgan fingerprint density at radius 3 is 2.95 bits per heavy atom. The zero-order chi connectivity index (χ0) is 14.8. The first-order valence-corrected chi connectivity index (χ1v) is 7.56. The van der Waals surface area contributed by atoms with E-state index in [1.807, 2.05) is 4.90 Å². The number of rotatable bonds is 3. The van der Waals surface area contributed by atoms with Crippen molar-refractivity contribution in [2.24, 2.45) is 5.92 Å². The summed E-state index contributed by atoms with van der Waals surface area (Å²) in [5.74, 6) is 0.384. The molecule has 2 fully saturated rings. The highest BCUT2D eigenvalue weighted by Gasteiger charge is 2.45. The number of amides is 1. The van der Waals surface area contributed by atoms with Crippen LogP contribution in [0.3, 0.4) is 0 Å². The van der Waals surface area contributed by atoms with E-state index in [2.05, 4.69) is 21.8 Å². The molecule has 1 amide bonds. The molecule has 2 aliphatic heterocycles. The minimum absolute atomic E-state index is 0.00870. The molecule has 114 valence electrons. The first kappa shape index (κ1) is 14.4. The lowest BCUT2D eigenvalue weighted by Crippen LogP contribution is -2.53. The normalized spacial score (nSPS) is 29.4. The predicted octanol–water partition coefficient (Wildman–Crippen LogP) is 0.658. The van der Waals surface area contributed by atoms with Crippen molar-refractivity contribution >= 4 is 5.91 Å². The predicted molar refractivity (Wildman–Crippen MR) is 77.9 cm³/mol. The number of ether oxygens (including phenoxy) is 1. The topological polar surface area (TPSA) is 58.6 Å². The molecule has 3 heterocycles. The third-order valence-corrected chi connectivity index (χ3v) is 4.73. The summed E-state index contributed by atoms with van der Waals surface area (Å²) in [5.41, 5.74) is 0.432. The van der Waals surface area contributed by atoms with Gasteiger partial charge in [-0.1, -0.05) is 6.92 Å². The van der Waals surface area contributed by atoms with Gasteiger partial charge < -0.3 is 14.5 Å². The molecular weight excluding hydrogens is 268 g/mol. The number of carbonyl (C=O) groups excluding carboxylic acids is 1. The average molecular weight is 290 g/mol. The minimum Gasteiger partial charge on any atom is -0.381 e. The van der Waals surface area contributed by atoms with Crippen LogP contribution in [0, 0.1) is 5.92 Å². The van der Waals surface area contributed by atoms with Crippen LogP contribution in [0.15, 0.2) is 18.6 Å². The molecule has 2 saturated heterocycles. The van der Waals surface area contributed by atoms with Crippen LogP contribution >= 0.6 is 0 Å². The van der Waals surface area contributed by atoms with Gasteiger partial charge in [0.2, 0.25) is 0 Å². The third kappa shape index (κ3) is 2.65. The largest absolute Gasteiger partial charge is 0.381 e. The van der Waals surface area contributed by atoms with E-state index >= 15 is 0 Å². The van der Waals surface area contributed by atoms with Crippen LogP contribution < -0.4 is 0 Å². The number of methoxy groups -OCH3 is 1. The van der Waals surface area contributed by atoms with Gasteiger partial charge in [-0.15, -0.1) is 0 Å². The van der Waals surface area contributed by atoms with Gasteiger partial charge in [-0.05, 0) is 13.0 Å². The maximum Gasteiger partial charge on any atom is 0.274 e.